The Labute approximate surface area is 103 Å². The van der Waals surface area contributed by atoms with E-state index in [1.165, 1.54) is 23.5 Å². The summed E-state index contributed by atoms with van der Waals surface area (Å²) < 4.78 is 0. The smallest absolute Gasteiger partial charge is 0.0941 e. The van der Waals surface area contributed by atoms with Crippen LogP contribution >= 0.6 is 11.3 Å². The van der Waals surface area contributed by atoms with Crippen molar-refractivity contribution in [1.29, 1.82) is 0 Å². The number of nitrogens with one attached hydrogen (secondary N) is 1. The Hall–Kier alpha value is -0.410. The Balaban J connectivity index is 2.30. The van der Waals surface area contributed by atoms with Crippen LogP contribution in [0.2, 0.25) is 0 Å². The summed E-state index contributed by atoms with van der Waals surface area (Å²) in [4.78, 5) is 4.68. The third-order valence-corrected chi connectivity index (χ3v) is 3.45. The van der Waals surface area contributed by atoms with Crippen molar-refractivity contribution in [2.24, 2.45) is 0 Å². The molecule has 0 amide bonds. The Morgan fingerprint density at radius 3 is 2.62 bits per heavy atom. The van der Waals surface area contributed by atoms with Crippen LogP contribution in [0.15, 0.2) is 5.38 Å². The summed E-state index contributed by atoms with van der Waals surface area (Å²) in [6.07, 6.45) is 3.59. The van der Waals surface area contributed by atoms with E-state index in [4.69, 9.17) is 0 Å². The Kier molecular flexibility index (Phi) is 5.42. The predicted octanol–water partition coefficient (Wildman–Crippen LogP) is 3.37. The lowest BCUT2D eigenvalue weighted by molar-refractivity contribution is 0.569. The molecule has 0 saturated heterocycles. The van der Waals surface area contributed by atoms with E-state index in [1.807, 2.05) is 0 Å². The molecule has 3 heteroatoms. The third kappa shape index (κ3) is 4.62. The van der Waals surface area contributed by atoms with Gasteiger partial charge in [-0.1, -0.05) is 34.1 Å². The van der Waals surface area contributed by atoms with Gasteiger partial charge in [-0.3, -0.25) is 0 Å². The lowest BCUT2D eigenvalue weighted by Crippen LogP contribution is -2.18. The first kappa shape index (κ1) is 13.7. The van der Waals surface area contributed by atoms with Crippen molar-refractivity contribution >= 4 is 11.3 Å². The highest BCUT2D eigenvalue weighted by Crippen LogP contribution is 2.23. The quantitative estimate of drug-likeness (QED) is 0.771. The summed E-state index contributed by atoms with van der Waals surface area (Å²) in [6.45, 7) is 11.0. The molecule has 1 rings (SSSR count). The normalized spacial score (nSPS) is 12.0. The zero-order valence-electron chi connectivity index (χ0n) is 11.0. The standard InChI is InChI=1S/C13H24N2S/c1-5-6-8-14-9-7-12-15-11(10-16-12)13(2,3)4/h10,14H,5-9H2,1-4H3. The van der Waals surface area contributed by atoms with Crippen LogP contribution in [-0.2, 0) is 11.8 Å². The second kappa shape index (κ2) is 6.36. The second-order valence-corrected chi connectivity index (χ2v) is 6.17. The molecule has 92 valence electrons. The molecule has 0 unspecified atom stereocenters. The van der Waals surface area contributed by atoms with Crippen LogP contribution in [0, 0.1) is 0 Å². The second-order valence-electron chi connectivity index (χ2n) is 5.23. The fourth-order valence-electron chi connectivity index (χ4n) is 1.39. The van der Waals surface area contributed by atoms with E-state index in [1.54, 1.807) is 11.3 Å². The van der Waals surface area contributed by atoms with Crippen molar-refractivity contribution in [3.05, 3.63) is 16.1 Å². The van der Waals surface area contributed by atoms with Crippen LogP contribution in [0.25, 0.3) is 0 Å². The number of hydrogen-bond acceptors (Lipinski definition) is 3. The highest BCUT2D eigenvalue weighted by molar-refractivity contribution is 7.09. The fourth-order valence-corrected chi connectivity index (χ4v) is 2.42. The van der Waals surface area contributed by atoms with Crippen LogP contribution in [0.1, 0.15) is 51.2 Å². The zero-order valence-corrected chi connectivity index (χ0v) is 11.8. The minimum atomic E-state index is 0.185. The highest BCUT2D eigenvalue weighted by Gasteiger charge is 2.16. The molecule has 0 atom stereocenters. The molecule has 0 saturated carbocycles. The van der Waals surface area contributed by atoms with Crippen LogP contribution < -0.4 is 5.32 Å². The first-order chi connectivity index (χ1) is 7.54. The van der Waals surface area contributed by atoms with Crippen molar-refractivity contribution in [2.75, 3.05) is 13.1 Å². The average Bonchev–Trinajstić information content (AvgIpc) is 2.65. The molecule has 16 heavy (non-hydrogen) atoms. The van der Waals surface area contributed by atoms with Crippen molar-refractivity contribution in [2.45, 2.75) is 52.4 Å². The van der Waals surface area contributed by atoms with Gasteiger partial charge in [-0.25, -0.2) is 4.98 Å². The van der Waals surface area contributed by atoms with Crippen LogP contribution in [-0.4, -0.2) is 18.1 Å². The van der Waals surface area contributed by atoms with E-state index in [-0.39, 0.29) is 5.41 Å². The number of aromatic nitrogens is 1. The van der Waals surface area contributed by atoms with E-state index in [2.05, 4.69) is 43.4 Å². The van der Waals surface area contributed by atoms with Gasteiger partial charge in [0.05, 0.1) is 10.7 Å². The molecule has 2 nitrogen and oxygen atoms in total. The fraction of sp³-hybridized carbons (Fsp3) is 0.769. The van der Waals surface area contributed by atoms with Gasteiger partial charge >= 0.3 is 0 Å². The van der Waals surface area contributed by atoms with Gasteiger partial charge in [-0.2, -0.15) is 0 Å². The first-order valence-corrected chi connectivity index (χ1v) is 7.07. The predicted molar refractivity (Wildman–Crippen MR) is 72.3 cm³/mol. The molecule has 0 aliphatic carbocycles. The lowest BCUT2D eigenvalue weighted by Gasteiger charge is -2.14. The summed E-state index contributed by atoms with van der Waals surface area (Å²) >= 11 is 1.79. The molecular weight excluding hydrogens is 216 g/mol. The molecule has 0 fully saturated rings. The molecule has 0 aliphatic rings. The van der Waals surface area contributed by atoms with Gasteiger partial charge in [0.2, 0.25) is 0 Å². The SMILES string of the molecule is CCCCNCCc1nc(C(C)(C)C)cs1. The minimum Gasteiger partial charge on any atom is -0.316 e. The van der Waals surface area contributed by atoms with Crippen molar-refractivity contribution in [3.63, 3.8) is 0 Å². The monoisotopic (exact) mass is 240 g/mol. The largest absolute Gasteiger partial charge is 0.316 e. The van der Waals surface area contributed by atoms with Crippen LogP contribution in [0.5, 0.6) is 0 Å². The van der Waals surface area contributed by atoms with E-state index < -0.39 is 0 Å². The van der Waals surface area contributed by atoms with Gasteiger partial charge in [0.15, 0.2) is 0 Å². The van der Waals surface area contributed by atoms with Gasteiger partial charge in [-0.15, -0.1) is 11.3 Å². The maximum Gasteiger partial charge on any atom is 0.0941 e. The molecule has 0 aliphatic heterocycles. The van der Waals surface area contributed by atoms with E-state index in [0.29, 0.717) is 0 Å². The first-order valence-electron chi connectivity index (χ1n) is 6.19. The minimum absolute atomic E-state index is 0.185. The molecule has 0 radical (unpaired) electrons. The Bertz CT molecular complexity index is 299. The van der Waals surface area contributed by atoms with E-state index in [9.17, 15) is 0 Å². The van der Waals surface area contributed by atoms with Gasteiger partial charge in [0.25, 0.3) is 0 Å². The summed E-state index contributed by atoms with van der Waals surface area (Å²) in [5, 5.41) is 6.90. The maximum atomic E-state index is 4.68. The van der Waals surface area contributed by atoms with Gasteiger partial charge in [0, 0.05) is 23.8 Å². The highest BCUT2D eigenvalue weighted by atomic mass is 32.1. The number of hydrogen-bond donors (Lipinski definition) is 1. The average molecular weight is 240 g/mol. The molecule has 1 aromatic heterocycles. The summed E-state index contributed by atoms with van der Waals surface area (Å²) in [7, 11) is 0. The van der Waals surface area contributed by atoms with Gasteiger partial charge < -0.3 is 5.32 Å². The topological polar surface area (TPSA) is 24.9 Å². The maximum absolute atomic E-state index is 4.68. The molecule has 0 bridgehead atoms. The van der Waals surface area contributed by atoms with E-state index in [0.717, 1.165) is 19.5 Å². The molecule has 0 spiro atoms. The number of rotatable bonds is 6. The number of nitrogens with zero attached hydrogens (tertiary/aromatic N) is 1. The zero-order chi connectivity index (χ0) is 12.0. The Morgan fingerprint density at radius 2 is 2.06 bits per heavy atom. The molecule has 1 N–H and O–H groups in total. The van der Waals surface area contributed by atoms with Crippen molar-refractivity contribution in [1.82, 2.24) is 10.3 Å². The molecule has 1 aromatic rings. The van der Waals surface area contributed by atoms with Crippen LogP contribution in [0.3, 0.4) is 0 Å². The molecule has 0 aromatic carbocycles. The molecular formula is C13H24N2S. The number of thiazole rings is 1. The van der Waals surface area contributed by atoms with Crippen LogP contribution in [0.4, 0.5) is 0 Å². The third-order valence-electron chi connectivity index (χ3n) is 2.54. The Morgan fingerprint density at radius 1 is 1.31 bits per heavy atom. The van der Waals surface area contributed by atoms with E-state index >= 15 is 0 Å². The summed E-state index contributed by atoms with van der Waals surface area (Å²) in [6, 6.07) is 0. The summed E-state index contributed by atoms with van der Waals surface area (Å²) in [5.41, 5.74) is 1.41. The lowest BCUT2D eigenvalue weighted by atomic mass is 9.93. The number of unbranched alkanes of at least 4 members (excludes halogenated alkanes) is 1. The van der Waals surface area contributed by atoms with Gasteiger partial charge in [-0.05, 0) is 13.0 Å². The summed E-state index contributed by atoms with van der Waals surface area (Å²) in [5.74, 6) is 0. The van der Waals surface area contributed by atoms with Crippen molar-refractivity contribution < 1.29 is 0 Å². The molecule has 1 heterocycles. The van der Waals surface area contributed by atoms with Gasteiger partial charge in [0.1, 0.15) is 0 Å². The van der Waals surface area contributed by atoms with Crippen molar-refractivity contribution in [3.8, 4) is 0 Å².